The van der Waals surface area contributed by atoms with Gasteiger partial charge in [-0.15, -0.1) is 0 Å². The first-order valence-corrected chi connectivity index (χ1v) is 12.1. The Morgan fingerprint density at radius 1 is 1.16 bits per heavy atom. The summed E-state index contributed by atoms with van der Waals surface area (Å²) in [5.74, 6) is 2.32. The maximum Gasteiger partial charge on any atom is 0.229 e. The van der Waals surface area contributed by atoms with Crippen LogP contribution in [-0.4, -0.2) is 86.7 Å². The highest BCUT2D eigenvalue weighted by Crippen LogP contribution is 2.36. The van der Waals surface area contributed by atoms with E-state index in [9.17, 15) is 4.79 Å². The number of likely N-dealkylation sites (tertiary alicyclic amines) is 2. The predicted octanol–water partition coefficient (Wildman–Crippen LogP) is 2.90. The lowest BCUT2D eigenvalue weighted by molar-refractivity contribution is -0.137. The SMILES string of the molecule is CCN(CC1CCN(C2CCN(C)CC2)CC1)C(=O)[C@@H]1COc2c(cccc2OC)C1. The van der Waals surface area contributed by atoms with Crippen LogP contribution in [0.5, 0.6) is 11.5 Å². The highest BCUT2D eigenvalue weighted by Gasteiger charge is 2.33. The van der Waals surface area contributed by atoms with Crippen molar-refractivity contribution < 1.29 is 14.3 Å². The lowest BCUT2D eigenvalue weighted by Crippen LogP contribution is -2.49. The molecule has 0 aliphatic carbocycles. The molecule has 3 aliphatic heterocycles. The number of fused-ring (bicyclic) bond motifs is 1. The van der Waals surface area contributed by atoms with Crippen molar-refractivity contribution in [2.24, 2.45) is 11.8 Å². The van der Waals surface area contributed by atoms with E-state index in [0.29, 0.717) is 12.5 Å². The van der Waals surface area contributed by atoms with Crippen LogP contribution in [0.3, 0.4) is 0 Å². The van der Waals surface area contributed by atoms with Gasteiger partial charge in [0, 0.05) is 19.1 Å². The van der Waals surface area contributed by atoms with Crippen molar-refractivity contribution in [3.8, 4) is 11.5 Å². The first kappa shape index (κ1) is 22.4. The Balaban J connectivity index is 1.29. The molecule has 0 radical (unpaired) electrons. The Bertz CT molecular complexity index is 740. The summed E-state index contributed by atoms with van der Waals surface area (Å²) in [7, 11) is 3.89. The van der Waals surface area contributed by atoms with E-state index in [0.717, 1.165) is 42.6 Å². The fraction of sp³-hybridized carbons (Fsp3) is 0.720. The fourth-order valence-electron chi connectivity index (χ4n) is 5.52. The zero-order chi connectivity index (χ0) is 21.8. The molecular formula is C25H39N3O3. The third-order valence-corrected chi connectivity index (χ3v) is 7.55. The number of piperidine rings is 2. The average molecular weight is 430 g/mol. The van der Waals surface area contributed by atoms with Crippen LogP contribution < -0.4 is 9.47 Å². The third-order valence-electron chi connectivity index (χ3n) is 7.55. The molecule has 2 fully saturated rings. The van der Waals surface area contributed by atoms with Crippen LogP contribution in [0.1, 0.15) is 38.2 Å². The average Bonchev–Trinajstić information content (AvgIpc) is 2.82. The molecule has 0 saturated carbocycles. The number of para-hydroxylation sites is 1. The second-order valence-electron chi connectivity index (χ2n) is 9.55. The van der Waals surface area contributed by atoms with E-state index >= 15 is 0 Å². The molecule has 1 aromatic carbocycles. The van der Waals surface area contributed by atoms with E-state index in [1.807, 2.05) is 18.2 Å². The number of rotatable bonds is 6. The summed E-state index contributed by atoms with van der Waals surface area (Å²) >= 11 is 0. The van der Waals surface area contributed by atoms with Gasteiger partial charge in [0.2, 0.25) is 5.91 Å². The van der Waals surface area contributed by atoms with Gasteiger partial charge in [0.25, 0.3) is 0 Å². The molecule has 31 heavy (non-hydrogen) atoms. The van der Waals surface area contributed by atoms with Gasteiger partial charge >= 0.3 is 0 Å². The Morgan fingerprint density at radius 2 is 1.90 bits per heavy atom. The Labute approximate surface area is 187 Å². The number of carbonyl (C=O) groups excluding carboxylic acids is 1. The van der Waals surface area contributed by atoms with Crippen molar-refractivity contribution in [3.63, 3.8) is 0 Å². The molecule has 0 aromatic heterocycles. The van der Waals surface area contributed by atoms with E-state index in [-0.39, 0.29) is 11.8 Å². The highest BCUT2D eigenvalue weighted by atomic mass is 16.5. The molecule has 2 saturated heterocycles. The van der Waals surface area contributed by atoms with E-state index in [1.165, 1.54) is 51.9 Å². The molecule has 1 amide bonds. The first-order chi connectivity index (χ1) is 15.1. The number of carbonyl (C=O) groups is 1. The van der Waals surface area contributed by atoms with Gasteiger partial charge in [-0.3, -0.25) is 4.79 Å². The van der Waals surface area contributed by atoms with Gasteiger partial charge in [-0.2, -0.15) is 0 Å². The zero-order valence-electron chi connectivity index (χ0n) is 19.5. The van der Waals surface area contributed by atoms with Crippen molar-refractivity contribution in [1.82, 2.24) is 14.7 Å². The maximum absolute atomic E-state index is 13.3. The second kappa shape index (κ2) is 10.2. The quantitative estimate of drug-likeness (QED) is 0.696. The van der Waals surface area contributed by atoms with Crippen molar-refractivity contribution in [3.05, 3.63) is 23.8 Å². The number of amides is 1. The summed E-state index contributed by atoms with van der Waals surface area (Å²) in [4.78, 5) is 20.5. The van der Waals surface area contributed by atoms with Gasteiger partial charge in [0.05, 0.1) is 13.0 Å². The molecule has 0 bridgehead atoms. The number of methoxy groups -OCH3 is 1. The van der Waals surface area contributed by atoms with Crippen LogP contribution in [0.25, 0.3) is 0 Å². The van der Waals surface area contributed by atoms with Crippen LogP contribution in [0.2, 0.25) is 0 Å². The van der Waals surface area contributed by atoms with Crippen LogP contribution in [0, 0.1) is 11.8 Å². The summed E-state index contributed by atoms with van der Waals surface area (Å²) in [6.45, 7) is 9.02. The molecule has 6 heteroatoms. The lowest BCUT2D eigenvalue weighted by atomic mass is 9.91. The minimum absolute atomic E-state index is 0.0983. The van der Waals surface area contributed by atoms with Gasteiger partial charge in [0.1, 0.15) is 6.61 Å². The molecule has 6 nitrogen and oxygen atoms in total. The van der Waals surface area contributed by atoms with Crippen LogP contribution in [-0.2, 0) is 11.2 Å². The largest absolute Gasteiger partial charge is 0.493 e. The summed E-state index contributed by atoms with van der Waals surface area (Å²) in [5, 5.41) is 0. The summed E-state index contributed by atoms with van der Waals surface area (Å²) < 4.78 is 11.4. The molecule has 3 heterocycles. The van der Waals surface area contributed by atoms with Crippen molar-refractivity contribution in [2.45, 2.75) is 45.1 Å². The van der Waals surface area contributed by atoms with E-state index in [4.69, 9.17) is 9.47 Å². The van der Waals surface area contributed by atoms with Gasteiger partial charge in [-0.05, 0) is 89.8 Å². The number of nitrogens with zero attached hydrogens (tertiary/aromatic N) is 3. The molecule has 0 spiro atoms. The fourth-order valence-corrected chi connectivity index (χ4v) is 5.52. The third kappa shape index (κ3) is 5.17. The summed E-state index contributed by atoms with van der Waals surface area (Å²) in [5.41, 5.74) is 1.08. The normalized spacial score (nSPS) is 23.8. The van der Waals surface area contributed by atoms with Gasteiger partial charge in [-0.25, -0.2) is 0 Å². The monoisotopic (exact) mass is 429 g/mol. The minimum Gasteiger partial charge on any atom is -0.493 e. The molecular weight excluding hydrogens is 390 g/mol. The molecule has 1 atom stereocenters. The minimum atomic E-state index is -0.0983. The smallest absolute Gasteiger partial charge is 0.229 e. The Kier molecular flexibility index (Phi) is 7.39. The Morgan fingerprint density at radius 3 is 2.58 bits per heavy atom. The van der Waals surface area contributed by atoms with Crippen molar-refractivity contribution in [2.75, 3.05) is 60.0 Å². The van der Waals surface area contributed by atoms with Crippen LogP contribution in [0.4, 0.5) is 0 Å². The Hall–Kier alpha value is -1.79. The summed E-state index contributed by atoms with van der Waals surface area (Å²) in [6, 6.07) is 6.70. The highest BCUT2D eigenvalue weighted by molar-refractivity contribution is 5.80. The number of benzene rings is 1. The second-order valence-corrected chi connectivity index (χ2v) is 9.55. The molecule has 0 unspecified atom stereocenters. The molecule has 0 N–H and O–H groups in total. The van der Waals surface area contributed by atoms with Gasteiger partial charge in [0.15, 0.2) is 11.5 Å². The van der Waals surface area contributed by atoms with Gasteiger partial charge < -0.3 is 24.2 Å². The van der Waals surface area contributed by atoms with E-state index in [2.05, 4.69) is 28.7 Å². The number of hydrogen-bond donors (Lipinski definition) is 0. The van der Waals surface area contributed by atoms with Crippen LogP contribution in [0.15, 0.2) is 18.2 Å². The topological polar surface area (TPSA) is 45.2 Å². The first-order valence-electron chi connectivity index (χ1n) is 12.1. The zero-order valence-corrected chi connectivity index (χ0v) is 19.5. The maximum atomic E-state index is 13.3. The molecule has 1 aromatic rings. The van der Waals surface area contributed by atoms with Crippen molar-refractivity contribution in [1.29, 1.82) is 0 Å². The lowest BCUT2D eigenvalue weighted by Gasteiger charge is -2.42. The predicted molar refractivity (Wildman–Crippen MR) is 123 cm³/mol. The standard InChI is InChI=1S/C25H39N3O3/c1-4-27(17-19-8-14-28(15-9-19)22-10-12-26(2)13-11-22)25(29)21-16-20-6-5-7-23(30-3)24(20)31-18-21/h5-7,19,21-22H,4,8-18H2,1-3H3/t21-/m0/s1. The number of ether oxygens (including phenoxy) is 2. The molecule has 172 valence electrons. The van der Waals surface area contributed by atoms with Crippen LogP contribution >= 0.6 is 0 Å². The molecule has 3 aliphatic rings. The van der Waals surface area contributed by atoms with E-state index in [1.54, 1.807) is 7.11 Å². The summed E-state index contributed by atoms with van der Waals surface area (Å²) in [6.07, 6.45) is 5.74. The number of hydrogen-bond acceptors (Lipinski definition) is 5. The van der Waals surface area contributed by atoms with Crippen molar-refractivity contribution >= 4 is 5.91 Å². The van der Waals surface area contributed by atoms with E-state index < -0.39 is 0 Å². The van der Waals surface area contributed by atoms with Gasteiger partial charge in [-0.1, -0.05) is 12.1 Å². The molecule has 4 rings (SSSR count).